The Bertz CT molecular complexity index is 134. The Labute approximate surface area is 61.1 Å². The Kier molecular flexibility index (Phi) is 2.43. The minimum atomic E-state index is -0.156. The van der Waals surface area contributed by atoms with Crippen molar-refractivity contribution in [1.82, 2.24) is 0 Å². The molecule has 0 bridgehead atoms. The van der Waals surface area contributed by atoms with Gasteiger partial charge in [0.15, 0.2) is 0 Å². The fraction of sp³-hybridized carbons (Fsp3) is 0.714. The van der Waals surface area contributed by atoms with E-state index >= 15 is 0 Å². The number of rotatable bonds is 2. The zero-order valence-electron chi connectivity index (χ0n) is 6.21. The van der Waals surface area contributed by atoms with Gasteiger partial charge in [-0.05, 0) is 6.42 Å². The first-order chi connectivity index (χ1) is 4.75. The van der Waals surface area contributed by atoms with E-state index in [-0.39, 0.29) is 11.2 Å². The molecule has 0 saturated carbocycles. The standard InChI is InChI=1S/C7H14N2O/c1-2-6-4-3-5-7(6)9(8)10/h3-4,6-7,9H,2,5,8H2,1H3/t6-,7?/m0/s1. The number of nitrogens with two attached hydrogens (primary N) is 1. The topological polar surface area (TPSA) is 53.5 Å². The molecule has 3 nitrogen and oxygen atoms in total. The summed E-state index contributed by atoms with van der Waals surface area (Å²) in [5.74, 6) is 5.59. The van der Waals surface area contributed by atoms with Gasteiger partial charge in [0.1, 0.15) is 6.04 Å². The lowest BCUT2D eigenvalue weighted by Gasteiger charge is -2.26. The molecule has 0 fully saturated rings. The molecule has 0 aromatic rings. The van der Waals surface area contributed by atoms with Crippen LogP contribution in [-0.2, 0) is 0 Å². The van der Waals surface area contributed by atoms with Gasteiger partial charge in [-0.2, -0.15) is 5.84 Å². The smallest absolute Gasteiger partial charge is 0.114 e. The molecule has 0 aromatic heterocycles. The lowest BCUT2D eigenvalue weighted by atomic mass is 10.0. The molecule has 0 aromatic carbocycles. The molecule has 2 unspecified atom stereocenters. The summed E-state index contributed by atoms with van der Waals surface area (Å²) < 4.78 is 0. The van der Waals surface area contributed by atoms with Crippen molar-refractivity contribution >= 4 is 0 Å². The van der Waals surface area contributed by atoms with Gasteiger partial charge in [0, 0.05) is 12.3 Å². The van der Waals surface area contributed by atoms with Crippen LogP contribution in [0.25, 0.3) is 0 Å². The highest BCUT2D eigenvalue weighted by atomic mass is 16.5. The van der Waals surface area contributed by atoms with Crippen LogP contribution in [0.1, 0.15) is 19.8 Å². The Hall–Kier alpha value is -0.380. The highest BCUT2D eigenvalue weighted by Gasteiger charge is 2.25. The van der Waals surface area contributed by atoms with Gasteiger partial charge in [-0.3, -0.25) is 5.17 Å². The third-order valence-corrected chi connectivity index (χ3v) is 2.13. The summed E-state index contributed by atoms with van der Waals surface area (Å²) in [7, 11) is 0. The molecule has 1 aliphatic rings. The van der Waals surface area contributed by atoms with E-state index in [0.29, 0.717) is 5.92 Å². The highest BCUT2D eigenvalue weighted by molar-refractivity contribution is 5.00. The molecule has 1 aliphatic carbocycles. The molecule has 0 radical (unpaired) electrons. The summed E-state index contributed by atoms with van der Waals surface area (Å²) in [5, 5.41) is 10.6. The van der Waals surface area contributed by atoms with Crippen molar-refractivity contribution < 1.29 is 5.17 Å². The van der Waals surface area contributed by atoms with E-state index in [2.05, 4.69) is 13.0 Å². The lowest BCUT2D eigenvalue weighted by molar-refractivity contribution is -0.890. The van der Waals surface area contributed by atoms with Gasteiger partial charge in [-0.1, -0.05) is 19.1 Å². The van der Waals surface area contributed by atoms with E-state index in [0.717, 1.165) is 12.8 Å². The van der Waals surface area contributed by atoms with Crippen LogP contribution in [0.2, 0.25) is 0 Å². The third kappa shape index (κ3) is 1.37. The summed E-state index contributed by atoms with van der Waals surface area (Å²) in [6.45, 7) is 2.08. The van der Waals surface area contributed by atoms with Crippen molar-refractivity contribution in [2.75, 3.05) is 0 Å². The average Bonchev–Trinajstić information content (AvgIpc) is 2.33. The largest absolute Gasteiger partial charge is 0.613 e. The summed E-state index contributed by atoms with van der Waals surface area (Å²) in [6, 6.07) is 0.0741. The van der Waals surface area contributed by atoms with Crippen LogP contribution in [0.4, 0.5) is 0 Å². The Morgan fingerprint density at radius 3 is 2.90 bits per heavy atom. The van der Waals surface area contributed by atoms with Gasteiger partial charge in [0.2, 0.25) is 0 Å². The zero-order valence-corrected chi connectivity index (χ0v) is 6.21. The molecule has 0 spiro atoms. The fourth-order valence-corrected chi connectivity index (χ4v) is 1.46. The van der Waals surface area contributed by atoms with Gasteiger partial charge in [0.25, 0.3) is 0 Å². The quantitative estimate of drug-likeness (QED) is 0.313. The van der Waals surface area contributed by atoms with Gasteiger partial charge in [-0.25, -0.2) is 0 Å². The molecule has 10 heavy (non-hydrogen) atoms. The molecule has 0 saturated heterocycles. The zero-order chi connectivity index (χ0) is 7.56. The van der Waals surface area contributed by atoms with Crippen LogP contribution in [0.3, 0.4) is 0 Å². The first-order valence-electron chi connectivity index (χ1n) is 3.71. The highest BCUT2D eigenvalue weighted by Crippen LogP contribution is 2.18. The molecular formula is C7H14N2O. The van der Waals surface area contributed by atoms with Crippen molar-refractivity contribution in [1.29, 1.82) is 0 Å². The Balaban J connectivity index is 2.47. The molecule has 0 aliphatic heterocycles. The summed E-state index contributed by atoms with van der Waals surface area (Å²) >= 11 is 0. The van der Waals surface area contributed by atoms with Crippen molar-refractivity contribution in [3.63, 3.8) is 0 Å². The molecular weight excluding hydrogens is 128 g/mol. The van der Waals surface area contributed by atoms with Crippen LogP contribution in [0.15, 0.2) is 12.2 Å². The second-order valence-corrected chi connectivity index (χ2v) is 2.74. The van der Waals surface area contributed by atoms with E-state index < -0.39 is 0 Å². The van der Waals surface area contributed by atoms with E-state index in [1.807, 2.05) is 6.08 Å². The summed E-state index contributed by atoms with van der Waals surface area (Å²) in [5.41, 5.74) is 0. The normalized spacial score (nSPS) is 34.7. The lowest BCUT2D eigenvalue weighted by Crippen LogP contribution is -3.17. The van der Waals surface area contributed by atoms with Gasteiger partial charge >= 0.3 is 0 Å². The third-order valence-electron chi connectivity index (χ3n) is 2.13. The van der Waals surface area contributed by atoms with Crippen molar-refractivity contribution in [3.8, 4) is 0 Å². The first kappa shape index (κ1) is 7.72. The minimum Gasteiger partial charge on any atom is -0.613 e. The first-order valence-corrected chi connectivity index (χ1v) is 3.71. The molecule has 3 atom stereocenters. The van der Waals surface area contributed by atoms with Crippen molar-refractivity contribution in [2.24, 2.45) is 11.8 Å². The van der Waals surface area contributed by atoms with Gasteiger partial charge < -0.3 is 5.21 Å². The predicted molar refractivity (Wildman–Crippen MR) is 39.8 cm³/mol. The van der Waals surface area contributed by atoms with Crippen LogP contribution in [0.5, 0.6) is 0 Å². The predicted octanol–water partition coefficient (Wildman–Crippen LogP) is -0.402. The number of quaternary nitrogens is 1. The molecule has 0 heterocycles. The van der Waals surface area contributed by atoms with E-state index in [1.54, 1.807) is 0 Å². The van der Waals surface area contributed by atoms with Crippen LogP contribution in [0, 0.1) is 11.1 Å². The summed E-state index contributed by atoms with van der Waals surface area (Å²) in [6.07, 6.45) is 6.00. The number of hydroxylamine groups is 1. The minimum absolute atomic E-state index is 0.0741. The molecule has 58 valence electrons. The monoisotopic (exact) mass is 142 g/mol. The van der Waals surface area contributed by atoms with Crippen molar-refractivity contribution in [3.05, 3.63) is 17.4 Å². The van der Waals surface area contributed by atoms with Crippen molar-refractivity contribution in [2.45, 2.75) is 25.8 Å². The van der Waals surface area contributed by atoms with Gasteiger partial charge in [-0.15, -0.1) is 0 Å². The molecule has 0 amide bonds. The maximum atomic E-state index is 10.8. The SMILES string of the molecule is CC[C@H]1C=CCC1[NH+](N)[O-]. The fourth-order valence-electron chi connectivity index (χ4n) is 1.46. The maximum Gasteiger partial charge on any atom is 0.114 e. The average molecular weight is 142 g/mol. The Morgan fingerprint density at radius 1 is 1.80 bits per heavy atom. The number of nitrogens with one attached hydrogen (secondary N) is 1. The van der Waals surface area contributed by atoms with E-state index in [9.17, 15) is 5.21 Å². The van der Waals surface area contributed by atoms with E-state index in [1.165, 1.54) is 0 Å². The number of hydrogen-bond donors (Lipinski definition) is 2. The molecule has 3 N–H and O–H groups in total. The van der Waals surface area contributed by atoms with Crippen LogP contribution >= 0.6 is 0 Å². The maximum absolute atomic E-state index is 10.8. The summed E-state index contributed by atoms with van der Waals surface area (Å²) in [4.78, 5) is 0. The van der Waals surface area contributed by atoms with Crippen LogP contribution in [-0.4, -0.2) is 6.04 Å². The van der Waals surface area contributed by atoms with Crippen LogP contribution < -0.4 is 11.0 Å². The second kappa shape index (κ2) is 3.14. The van der Waals surface area contributed by atoms with Gasteiger partial charge in [0.05, 0.1) is 0 Å². The second-order valence-electron chi connectivity index (χ2n) is 2.74. The number of hydrogen-bond acceptors (Lipinski definition) is 2. The van der Waals surface area contributed by atoms with E-state index in [4.69, 9.17) is 5.84 Å². The molecule has 3 heteroatoms. The Morgan fingerprint density at radius 2 is 2.50 bits per heavy atom. The molecule has 1 rings (SSSR count).